The van der Waals surface area contributed by atoms with Gasteiger partial charge in [0.25, 0.3) is 5.91 Å². The maximum atomic E-state index is 11.9. The number of hydrogen-bond acceptors (Lipinski definition) is 4. The van der Waals surface area contributed by atoms with E-state index in [1.807, 2.05) is 0 Å². The molecule has 0 aliphatic carbocycles. The zero-order valence-corrected chi connectivity index (χ0v) is 10.2. The minimum atomic E-state index is -0.785. The second-order valence-electron chi connectivity index (χ2n) is 4.16. The summed E-state index contributed by atoms with van der Waals surface area (Å²) in [7, 11) is 0. The van der Waals surface area contributed by atoms with Crippen LogP contribution in [0.1, 0.15) is 39.5 Å². The molecule has 1 aliphatic heterocycles. The number of amides is 2. The van der Waals surface area contributed by atoms with Gasteiger partial charge in [0.2, 0.25) is 5.91 Å². The van der Waals surface area contributed by atoms with Crippen LogP contribution in [-0.4, -0.2) is 28.9 Å². The van der Waals surface area contributed by atoms with Gasteiger partial charge in [0.05, 0.1) is 0 Å². The highest BCUT2D eigenvalue weighted by Crippen LogP contribution is 2.20. The summed E-state index contributed by atoms with van der Waals surface area (Å²) >= 11 is 0. The number of carbonyl (C=O) groups is 3. The van der Waals surface area contributed by atoms with E-state index in [0.717, 1.165) is 11.3 Å². The van der Waals surface area contributed by atoms with Crippen molar-refractivity contribution >= 4 is 17.8 Å². The van der Waals surface area contributed by atoms with E-state index >= 15 is 0 Å². The van der Waals surface area contributed by atoms with Gasteiger partial charge in [-0.15, -0.1) is 0 Å². The molecule has 0 aromatic heterocycles. The van der Waals surface area contributed by atoms with Crippen molar-refractivity contribution in [3.8, 4) is 0 Å². The molecule has 0 radical (unpaired) electrons. The van der Waals surface area contributed by atoms with Gasteiger partial charge in [-0.1, -0.05) is 6.58 Å². The Labute approximate surface area is 100 Å². The van der Waals surface area contributed by atoms with E-state index in [2.05, 4.69) is 6.58 Å². The minimum Gasteiger partial charge on any atom is -0.441 e. The lowest BCUT2D eigenvalue weighted by molar-refractivity contribution is -0.167. The van der Waals surface area contributed by atoms with E-state index < -0.39 is 18.1 Å². The van der Waals surface area contributed by atoms with Gasteiger partial charge in [-0.25, -0.2) is 4.90 Å². The van der Waals surface area contributed by atoms with Crippen molar-refractivity contribution < 1.29 is 19.1 Å². The molecule has 5 heteroatoms. The van der Waals surface area contributed by atoms with Crippen LogP contribution in [0.25, 0.3) is 0 Å². The van der Waals surface area contributed by atoms with E-state index in [1.165, 1.54) is 13.8 Å². The smallest absolute Gasteiger partial charge is 0.304 e. The van der Waals surface area contributed by atoms with Crippen molar-refractivity contribution in [1.29, 1.82) is 0 Å². The molecule has 1 heterocycles. The number of esters is 1. The van der Waals surface area contributed by atoms with Crippen molar-refractivity contribution in [3.63, 3.8) is 0 Å². The van der Waals surface area contributed by atoms with Gasteiger partial charge in [-0.3, -0.25) is 14.4 Å². The maximum absolute atomic E-state index is 11.9. The first kappa shape index (κ1) is 13.4. The molecule has 17 heavy (non-hydrogen) atoms. The van der Waals surface area contributed by atoms with Crippen LogP contribution < -0.4 is 0 Å². The average molecular weight is 239 g/mol. The predicted molar refractivity (Wildman–Crippen MR) is 60.7 cm³/mol. The summed E-state index contributed by atoms with van der Waals surface area (Å²) in [5.41, 5.74) is 0.261. The molecule has 0 aromatic rings. The zero-order chi connectivity index (χ0) is 13.0. The van der Waals surface area contributed by atoms with Gasteiger partial charge in [0, 0.05) is 25.3 Å². The van der Waals surface area contributed by atoms with Crippen LogP contribution >= 0.6 is 0 Å². The summed E-state index contributed by atoms with van der Waals surface area (Å²) in [5.74, 6) is -1.27. The number of carbonyl (C=O) groups excluding carboxylic acids is 3. The fraction of sp³-hybridized carbons (Fsp3) is 0.583. The Kier molecular flexibility index (Phi) is 4.43. The first-order valence-corrected chi connectivity index (χ1v) is 5.62. The lowest BCUT2D eigenvalue weighted by atomic mass is 10.2. The number of rotatable bonds is 2. The molecule has 1 aliphatic rings. The molecule has 1 fully saturated rings. The van der Waals surface area contributed by atoms with Crippen LogP contribution in [0.15, 0.2) is 12.2 Å². The van der Waals surface area contributed by atoms with Crippen LogP contribution in [0.2, 0.25) is 0 Å². The standard InChI is InChI=1S/C12H17NO4/c1-8(2)12(16)13-10(15)6-4-5-7-11(13)17-9(3)14/h11H,1,4-7H2,2-3H3. The summed E-state index contributed by atoms with van der Waals surface area (Å²) in [6.45, 7) is 6.32. The summed E-state index contributed by atoms with van der Waals surface area (Å²) in [6.07, 6.45) is 1.47. The Balaban J connectivity index is 2.95. The van der Waals surface area contributed by atoms with Gasteiger partial charge < -0.3 is 4.74 Å². The Morgan fingerprint density at radius 2 is 2.00 bits per heavy atom. The third kappa shape index (κ3) is 3.41. The number of likely N-dealkylation sites (tertiary alicyclic amines) is 1. The number of nitrogens with zero attached hydrogens (tertiary/aromatic N) is 1. The van der Waals surface area contributed by atoms with Gasteiger partial charge in [0.1, 0.15) is 0 Å². The van der Waals surface area contributed by atoms with Gasteiger partial charge in [-0.05, 0) is 19.8 Å². The largest absolute Gasteiger partial charge is 0.441 e. The molecule has 0 spiro atoms. The van der Waals surface area contributed by atoms with Crippen LogP contribution in [-0.2, 0) is 19.1 Å². The summed E-state index contributed by atoms with van der Waals surface area (Å²) in [5, 5.41) is 0. The molecule has 1 rings (SSSR count). The van der Waals surface area contributed by atoms with E-state index in [-0.39, 0.29) is 11.5 Å². The van der Waals surface area contributed by atoms with E-state index in [1.54, 1.807) is 0 Å². The number of imide groups is 1. The van der Waals surface area contributed by atoms with Crippen molar-refractivity contribution in [2.45, 2.75) is 45.8 Å². The molecule has 0 bridgehead atoms. The molecule has 0 N–H and O–H groups in total. The quantitative estimate of drug-likeness (QED) is 0.539. The summed E-state index contributed by atoms with van der Waals surface area (Å²) < 4.78 is 5.03. The molecule has 1 atom stereocenters. The average Bonchev–Trinajstić information content (AvgIpc) is 2.38. The van der Waals surface area contributed by atoms with Gasteiger partial charge in [0.15, 0.2) is 6.23 Å². The maximum Gasteiger partial charge on any atom is 0.304 e. The second kappa shape index (κ2) is 5.61. The monoisotopic (exact) mass is 239 g/mol. The lowest BCUT2D eigenvalue weighted by Crippen LogP contribution is -2.45. The molecular formula is C12H17NO4. The highest BCUT2D eigenvalue weighted by Gasteiger charge is 2.33. The first-order chi connectivity index (χ1) is 7.93. The van der Waals surface area contributed by atoms with Crippen LogP contribution in [0.4, 0.5) is 0 Å². The van der Waals surface area contributed by atoms with Crippen molar-refractivity contribution in [2.24, 2.45) is 0 Å². The fourth-order valence-corrected chi connectivity index (χ4v) is 1.76. The Morgan fingerprint density at radius 1 is 1.35 bits per heavy atom. The van der Waals surface area contributed by atoms with E-state index in [4.69, 9.17) is 4.74 Å². The normalized spacial score (nSPS) is 20.7. The first-order valence-electron chi connectivity index (χ1n) is 5.62. The molecule has 2 amide bonds. The molecular weight excluding hydrogens is 222 g/mol. The second-order valence-corrected chi connectivity index (χ2v) is 4.16. The lowest BCUT2D eigenvalue weighted by Gasteiger charge is -2.27. The Bertz CT molecular complexity index is 362. The number of hydrogen-bond donors (Lipinski definition) is 0. The molecule has 94 valence electrons. The summed E-state index contributed by atoms with van der Waals surface area (Å²) in [4.78, 5) is 35.7. The highest BCUT2D eigenvalue weighted by atomic mass is 16.6. The minimum absolute atomic E-state index is 0.261. The highest BCUT2D eigenvalue weighted by molar-refractivity contribution is 6.04. The molecule has 5 nitrogen and oxygen atoms in total. The topological polar surface area (TPSA) is 63.7 Å². The third-order valence-electron chi connectivity index (χ3n) is 2.53. The SMILES string of the molecule is C=C(C)C(=O)N1C(=O)CCCCC1OC(C)=O. The molecule has 0 aromatic carbocycles. The Morgan fingerprint density at radius 3 is 2.53 bits per heavy atom. The summed E-state index contributed by atoms with van der Waals surface area (Å²) in [6, 6.07) is 0. The zero-order valence-electron chi connectivity index (χ0n) is 10.2. The number of ether oxygens (including phenoxy) is 1. The Hall–Kier alpha value is -1.65. The molecule has 1 saturated heterocycles. The third-order valence-corrected chi connectivity index (χ3v) is 2.53. The van der Waals surface area contributed by atoms with Crippen molar-refractivity contribution in [2.75, 3.05) is 0 Å². The molecule has 1 unspecified atom stereocenters. The molecule has 0 saturated carbocycles. The fourth-order valence-electron chi connectivity index (χ4n) is 1.76. The van der Waals surface area contributed by atoms with Crippen LogP contribution in [0.5, 0.6) is 0 Å². The van der Waals surface area contributed by atoms with Gasteiger partial charge >= 0.3 is 5.97 Å². The van der Waals surface area contributed by atoms with Crippen molar-refractivity contribution in [3.05, 3.63) is 12.2 Å². The van der Waals surface area contributed by atoms with Crippen LogP contribution in [0.3, 0.4) is 0 Å². The van der Waals surface area contributed by atoms with Crippen LogP contribution in [0, 0.1) is 0 Å². The van der Waals surface area contributed by atoms with Crippen molar-refractivity contribution in [1.82, 2.24) is 4.90 Å². The van der Waals surface area contributed by atoms with Gasteiger partial charge in [-0.2, -0.15) is 0 Å². The van der Waals surface area contributed by atoms with E-state index in [0.29, 0.717) is 19.3 Å². The predicted octanol–water partition coefficient (Wildman–Crippen LogP) is 1.38. The van der Waals surface area contributed by atoms with E-state index in [9.17, 15) is 14.4 Å².